The number of hydrogen-bond acceptors (Lipinski definition) is 3. The quantitative estimate of drug-likeness (QED) is 0.559. The normalized spacial score (nSPS) is 25.4. The van der Waals surface area contributed by atoms with Crippen molar-refractivity contribution in [3.8, 4) is 0 Å². The minimum atomic E-state index is -2.00. The van der Waals surface area contributed by atoms with Crippen LogP contribution in [0.2, 0.25) is 0 Å². The van der Waals surface area contributed by atoms with Crippen molar-refractivity contribution in [2.45, 2.75) is 24.6 Å². The average molecular weight is 434 g/mol. The Morgan fingerprint density at radius 1 is 0.719 bits per heavy atom. The van der Waals surface area contributed by atoms with Crippen molar-refractivity contribution in [1.29, 1.82) is 0 Å². The van der Waals surface area contributed by atoms with E-state index in [1.807, 2.05) is 60.7 Å². The number of benzene rings is 2. The van der Waals surface area contributed by atoms with E-state index in [9.17, 15) is 4.79 Å². The van der Waals surface area contributed by atoms with Crippen LogP contribution in [0.5, 0.6) is 0 Å². The van der Waals surface area contributed by atoms with Crippen molar-refractivity contribution < 1.29 is 23.0 Å². The van der Waals surface area contributed by atoms with E-state index in [2.05, 4.69) is 0 Å². The Morgan fingerprint density at radius 3 is 1.44 bits per heavy atom. The van der Waals surface area contributed by atoms with Crippen LogP contribution in [-0.4, -0.2) is 31.7 Å². The third kappa shape index (κ3) is 4.27. The predicted octanol–water partition coefficient (Wildman–Crippen LogP) is 6.01. The molecule has 0 aromatic heterocycles. The van der Waals surface area contributed by atoms with E-state index >= 15 is 8.78 Å². The minimum Gasteiger partial charge on any atom is -0.346 e. The van der Waals surface area contributed by atoms with Gasteiger partial charge in [0.15, 0.2) is 5.78 Å². The standard InChI is InChI=1S/C27H24F2O3/c1-31-26(28)15-13-21(23(17-26)19-9-5-3-6-10-19)25(30)22-14-16-27(29,32-2)18-24(22)20-11-7-4-8-12-20/h3-16H,17-18H2,1-2H3. The van der Waals surface area contributed by atoms with Gasteiger partial charge in [-0.2, -0.15) is 0 Å². The zero-order valence-electron chi connectivity index (χ0n) is 18.0. The van der Waals surface area contributed by atoms with Gasteiger partial charge in [-0.15, -0.1) is 0 Å². The van der Waals surface area contributed by atoms with Crippen molar-refractivity contribution in [3.63, 3.8) is 0 Å². The summed E-state index contributed by atoms with van der Waals surface area (Å²) in [6.45, 7) is 0. The lowest BCUT2D eigenvalue weighted by Gasteiger charge is -2.29. The number of ether oxygens (including phenoxy) is 2. The van der Waals surface area contributed by atoms with E-state index < -0.39 is 11.7 Å². The molecule has 0 saturated carbocycles. The van der Waals surface area contributed by atoms with Crippen LogP contribution in [0, 0.1) is 0 Å². The van der Waals surface area contributed by atoms with Gasteiger partial charge in [0.05, 0.1) is 0 Å². The molecule has 2 aromatic carbocycles. The first-order valence-corrected chi connectivity index (χ1v) is 10.4. The van der Waals surface area contributed by atoms with E-state index in [0.29, 0.717) is 22.3 Å². The molecule has 0 aliphatic heterocycles. The first-order valence-electron chi connectivity index (χ1n) is 10.4. The average Bonchev–Trinajstić information content (AvgIpc) is 2.84. The highest BCUT2D eigenvalue weighted by Gasteiger charge is 2.37. The first-order chi connectivity index (χ1) is 15.4. The molecular weight excluding hydrogens is 410 g/mol. The van der Waals surface area contributed by atoms with Crippen LogP contribution in [-0.2, 0) is 14.3 Å². The van der Waals surface area contributed by atoms with E-state index in [-0.39, 0.29) is 18.6 Å². The summed E-state index contributed by atoms with van der Waals surface area (Å²) in [4.78, 5) is 13.8. The first kappa shape index (κ1) is 22.1. The molecule has 2 aliphatic carbocycles. The molecule has 5 heteroatoms. The summed E-state index contributed by atoms with van der Waals surface area (Å²) in [6.07, 6.45) is 5.25. The highest BCUT2D eigenvalue weighted by molar-refractivity contribution is 6.20. The maximum atomic E-state index is 15.1. The van der Waals surface area contributed by atoms with Gasteiger partial charge in [0.2, 0.25) is 11.7 Å². The predicted molar refractivity (Wildman–Crippen MR) is 121 cm³/mol. The van der Waals surface area contributed by atoms with Gasteiger partial charge in [-0.05, 0) is 46.6 Å². The molecule has 0 fully saturated rings. The maximum Gasteiger partial charge on any atom is 0.232 e. The van der Waals surface area contributed by atoms with Crippen molar-refractivity contribution >= 4 is 16.9 Å². The monoisotopic (exact) mass is 434 g/mol. The zero-order chi connectivity index (χ0) is 22.8. The van der Waals surface area contributed by atoms with E-state index in [0.717, 1.165) is 11.1 Å². The Kier molecular flexibility index (Phi) is 6.04. The summed E-state index contributed by atoms with van der Waals surface area (Å²) in [5.41, 5.74) is 3.27. The van der Waals surface area contributed by atoms with Gasteiger partial charge in [-0.3, -0.25) is 4.79 Å². The molecule has 2 aromatic rings. The molecule has 2 atom stereocenters. The number of alkyl halides is 2. The molecule has 0 radical (unpaired) electrons. The number of methoxy groups -OCH3 is 2. The molecule has 32 heavy (non-hydrogen) atoms. The lowest BCUT2D eigenvalue weighted by Crippen LogP contribution is -2.29. The fourth-order valence-electron chi connectivity index (χ4n) is 4.05. The molecule has 164 valence electrons. The molecule has 0 heterocycles. The molecule has 2 unspecified atom stereocenters. The van der Waals surface area contributed by atoms with E-state index in [1.54, 1.807) is 0 Å². The third-order valence-electron chi connectivity index (χ3n) is 5.90. The lowest BCUT2D eigenvalue weighted by atomic mass is 9.81. The maximum absolute atomic E-state index is 15.1. The highest BCUT2D eigenvalue weighted by Crippen LogP contribution is 2.41. The number of halogens is 2. The van der Waals surface area contributed by atoms with Crippen LogP contribution in [0.3, 0.4) is 0 Å². The summed E-state index contributed by atoms with van der Waals surface area (Å²) in [6, 6.07) is 18.4. The SMILES string of the molecule is COC1(F)C=CC(C(=O)C2=C(c3ccccc3)CC(F)(OC)C=C2)=C(c2ccccc2)C1. The van der Waals surface area contributed by atoms with Crippen LogP contribution < -0.4 is 0 Å². The molecule has 2 aliphatic rings. The Balaban J connectivity index is 1.86. The summed E-state index contributed by atoms with van der Waals surface area (Å²) >= 11 is 0. The fraction of sp³-hybridized carbons (Fsp3) is 0.222. The third-order valence-corrected chi connectivity index (χ3v) is 5.90. The molecule has 0 bridgehead atoms. The topological polar surface area (TPSA) is 35.5 Å². The largest absolute Gasteiger partial charge is 0.346 e. The minimum absolute atomic E-state index is 0.103. The van der Waals surface area contributed by atoms with Gasteiger partial charge in [-0.1, -0.05) is 60.7 Å². The number of carbonyl (C=O) groups is 1. The second kappa shape index (κ2) is 8.77. The molecule has 0 spiro atoms. The number of allylic oxidation sites excluding steroid dienone is 4. The van der Waals surface area contributed by atoms with Gasteiger partial charge in [0, 0.05) is 38.2 Å². The molecule has 4 rings (SSSR count). The molecule has 0 saturated heterocycles. The second-order valence-corrected chi connectivity index (χ2v) is 7.85. The summed E-state index contributed by atoms with van der Waals surface area (Å²) in [7, 11) is 2.59. The van der Waals surface area contributed by atoms with Crippen LogP contribution in [0.4, 0.5) is 8.78 Å². The van der Waals surface area contributed by atoms with Crippen molar-refractivity contribution in [1.82, 2.24) is 0 Å². The smallest absolute Gasteiger partial charge is 0.232 e. The van der Waals surface area contributed by atoms with Crippen molar-refractivity contribution in [3.05, 3.63) is 107 Å². The van der Waals surface area contributed by atoms with Crippen LogP contribution >= 0.6 is 0 Å². The highest BCUT2D eigenvalue weighted by atomic mass is 19.2. The van der Waals surface area contributed by atoms with Gasteiger partial charge < -0.3 is 9.47 Å². The summed E-state index contributed by atoms with van der Waals surface area (Å²) < 4.78 is 40.2. The number of rotatable bonds is 6. The Bertz CT molecular complexity index is 1040. The summed E-state index contributed by atoms with van der Waals surface area (Å²) in [5.74, 6) is -4.30. The van der Waals surface area contributed by atoms with Crippen LogP contribution in [0.1, 0.15) is 24.0 Å². The van der Waals surface area contributed by atoms with Crippen molar-refractivity contribution in [2.75, 3.05) is 14.2 Å². The molecule has 0 N–H and O–H groups in total. The second-order valence-electron chi connectivity index (χ2n) is 7.85. The number of carbonyl (C=O) groups excluding carboxylic acids is 1. The molecule has 3 nitrogen and oxygen atoms in total. The Labute approximate surface area is 186 Å². The van der Waals surface area contributed by atoms with Gasteiger partial charge in [-0.25, -0.2) is 8.78 Å². The van der Waals surface area contributed by atoms with E-state index in [1.165, 1.54) is 38.5 Å². The Hall–Kier alpha value is -3.15. The van der Waals surface area contributed by atoms with Gasteiger partial charge >= 0.3 is 0 Å². The number of Topliss-reactive ketones (excluding diaryl/α,β-unsaturated/α-hetero) is 1. The van der Waals surface area contributed by atoms with Gasteiger partial charge in [0.25, 0.3) is 0 Å². The van der Waals surface area contributed by atoms with E-state index in [4.69, 9.17) is 9.47 Å². The molecular formula is C27H24F2O3. The zero-order valence-corrected chi connectivity index (χ0v) is 18.0. The fourth-order valence-corrected chi connectivity index (χ4v) is 4.05. The number of hydrogen-bond donors (Lipinski definition) is 0. The van der Waals surface area contributed by atoms with Crippen LogP contribution in [0.25, 0.3) is 11.1 Å². The Morgan fingerprint density at radius 2 is 1.09 bits per heavy atom. The van der Waals surface area contributed by atoms with Crippen molar-refractivity contribution in [2.24, 2.45) is 0 Å². The number of ketones is 1. The molecule has 0 amide bonds. The van der Waals surface area contributed by atoms with Gasteiger partial charge in [0.1, 0.15) is 0 Å². The lowest BCUT2D eigenvalue weighted by molar-refractivity contribution is -0.112. The van der Waals surface area contributed by atoms with Crippen LogP contribution in [0.15, 0.2) is 96.1 Å². The summed E-state index contributed by atoms with van der Waals surface area (Å²) in [5, 5.41) is 0.